The molecule has 30 heavy (non-hydrogen) atoms. The third-order valence-electron chi connectivity index (χ3n) is 5.53. The minimum absolute atomic E-state index is 0.0368. The lowest BCUT2D eigenvalue weighted by Gasteiger charge is -2.23. The van der Waals surface area contributed by atoms with Crippen LogP contribution in [0.4, 0.5) is 14.5 Å². The number of hydrogen-bond acceptors (Lipinski definition) is 4. The Kier molecular flexibility index (Phi) is 5.96. The first-order valence-corrected chi connectivity index (χ1v) is 10.0. The second-order valence-corrected chi connectivity index (χ2v) is 7.66. The molecular weight excluding hydrogens is 390 g/mol. The molecule has 1 saturated heterocycles. The fourth-order valence-corrected chi connectivity index (χ4v) is 3.68. The number of nitrogens with one attached hydrogen (secondary N) is 1. The second kappa shape index (κ2) is 8.80. The first-order chi connectivity index (χ1) is 14.5. The van der Waals surface area contributed by atoms with Crippen molar-refractivity contribution in [3.8, 4) is 22.9 Å². The first-order valence-electron chi connectivity index (χ1n) is 10.0. The summed E-state index contributed by atoms with van der Waals surface area (Å²) >= 11 is 0. The third kappa shape index (κ3) is 4.60. The van der Waals surface area contributed by atoms with Crippen molar-refractivity contribution in [2.75, 3.05) is 18.5 Å². The molecule has 7 heteroatoms. The average molecular weight is 412 g/mol. The molecule has 1 heterocycles. The number of anilines is 1. The maximum absolute atomic E-state index is 12.7. The zero-order chi connectivity index (χ0) is 21.1. The van der Waals surface area contributed by atoms with Crippen molar-refractivity contribution in [3.63, 3.8) is 0 Å². The SMILES string of the molecule is N#Cc1cc(-c2cccc(NC(=O)[C@H]3C[C@@H]3C(F)F)c2)ccc1OC1CCOCC1. The zero-order valence-corrected chi connectivity index (χ0v) is 16.3. The Morgan fingerprint density at radius 1 is 1.17 bits per heavy atom. The number of carbonyl (C=O) groups excluding carboxylic acids is 1. The Labute approximate surface area is 173 Å². The second-order valence-electron chi connectivity index (χ2n) is 7.66. The monoisotopic (exact) mass is 412 g/mol. The minimum atomic E-state index is -2.46. The van der Waals surface area contributed by atoms with Gasteiger partial charge in [0, 0.05) is 30.4 Å². The number of nitriles is 1. The summed E-state index contributed by atoms with van der Waals surface area (Å²) in [5.41, 5.74) is 2.59. The molecule has 0 radical (unpaired) electrons. The van der Waals surface area contributed by atoms with E-state index in [0.29, 0.717) is 30.2 Å². The van der Waals surface area contributed by atoms with E-state index < -0.39 is 18.3 Å². The van der Waals surface area contributed by atoms with Crippen molar-refractivity contribution in [1.82, 2.24) is 0 Å². The maximum Gasteiger partial charge on any atom is 0.242 e. The molecule has 1 aliphatic carbocycles. The van der Waals surface area contributed by atoms with Gasteiger partial charge in [0.1, 0.15) is 17.9 Å². The van der Waals surface area contributed by atoms with Gasteiger partial charge in [-0.25, -0.2) is 8.78 Å². The molecule has 2 aromatic rings. The standard InChI is InChI=1S/C23H22F2N2O3/c24-22(25)19-12-20(19)23(28)27-17-3-1-2-14(11-17)15-4-5-21(16(10-15)13-26)30-18-6-8-29-9-7-18/h1-5,10-11,18-20,22H,6-9,12H2,(H,27,28)/t19-,20-/m0/s1. The summed E-state index contributed by atoms with van der Waals surface area (Å²) in [6, 6.07) is 14.7. The van der Waals surface area contributed by atoms with E-state index in [1.54, 1.807) is 30.3 Å². The Morgan fingerprint density at radius 3 is 2.63 bits per heavy atom. The summed E-state index contributed by atoms with van der Waals surface area (Å²) in [6.45, 7) is 1.31. The van der Waals surface area contributed by atoms with Crippen LogP contribution in [-0.2, 0) is 9.53 Å². The third-order valence-corrected chi connectivity index (χ3v) is 5.53. The molecule has 5 nitrogen and oxygen atoms in total. The molecule has 0 unspecified atom stereocenters. The lowest BCUT2D eigenvalue weighted by atomic mass is 10.0. The number of amides is 1. The summed E-state index contributed by atoms with van der Waals surface area (Å²) in [6.07, 6.45) is -0.611. The van der Waals surface area contributed by atoms with Crippen LogP contribution in [0.25, 0.3) is 11.1 Å². The van der Waals surface area contributed by atoms with Crippen LogP contribution in [-0.4, -0.2) is 31.7 Å². The molecule has 0 aromatic heterocycles. The fraction of sp³-hybridized carbons (Fsp3) is 0.391. The van der Waals surface area contributed by atoms with Crippen LogP contribution in [0.2, 0.25) is 0 Å². The number of hydrogen-bond donors (Lipinski definition) is 1. The van der Waals surface area contributed by atoms with Crippen LogP contribution >= 0.6 is 0 Å². The van der Waals surface area contributed by atoms with Crippen molar-refractivity contribution >= 4 is 11.6 Å². The molecule has 1 N–H and O–H groups in total. The van der Waals surface area contributed by atoms with E-state index in [1.807, 2.05) is 12.1 Å². The van der Waals surface area contributed by atoms with Gasteiger partial charge in [0.05, 0.1) is 18.8 Å². The van der Waals surface area contributed by atoms with E-state index in [9.17, 15) is 18.8 Å². The number of alkyl halides is 2. The molecule has 1 saturated carbocycles. The Hall–Kier alpha value is -2.98. The number of ether oxygens (including phenoxy) is 2. The lowest BCUT2D eigenvalue weighted by Crippen LogP contribution is -2.26. The molecule has 2 aliphatic rings. The number of benzene rings is 2. The van der Waals surface area contributed by atoms with Gasteiger partial charge in [-0.1, -0.05) is 18.2 Å². The van der Waals surface area contributed by atoms with Crippen molar-refractivity contribution < 1.29 is 23.0 Å². The Morgan fingerprint density at radius 2 is 1.93 bits per heavy atom. The molecule has 4 rings (SSSR count). The number of carbonyl (C=O) groups is 1. The van der Waals surface area contributed by atoms with E-state index in [1.165, 1.54) is 0 Å². The summed E-state index contributed by atoms with van der Waals surface area (Å²) in [5, 5.41) is 12.3. The fourth-order valence-electron chi connectivity index (χ4n) is 3.68. The predicted octanol–water partition coefficient (Wildman–Crippen LogP) is 4.62. The molecule has 2 aromatic carbocycles. The van der Waals surface area contributed by atoms with Crippen molar-refractivity contribution in [2.45, 2.75) is 31.8 Å². The summed E-state index contributed by atoms with van der Waals surface area (Å²) in [5.74, 6) is -1.30. The summed E-state index contributed by atoms with van der Waals surface area (Å²) in [7, 11) is 0. The highest BCUT2D eigenvalue weighted by Gasteiger charge is 2.48. The highest BCUT2D eigenvalue weighted by atomic mass is 19.3. The van der Waals surface area contributed by atoms with Gasteiger partial charge in [-0.2, -0.15) is 5.26 Å². The normalized spacial score (nSPS) is 21.1. The van der Waals surface area contributed by atoms with Gasteiger partial charge in [-0.05, 0) is 41.8 Å². The zero-order valence-electron chi connectivity index (χ0n) is 16.3. The Bertz CT molecular complexity index is 967. The molecule has 0 spiro atoms. The van der Waals surface area contributed by atoms with E-state index in [0.717, 1.165) is 24.0 Å². The van der Waals surface area contributed by atoms with E-state index >= 15 is 0 Å². The molecule has 1 aliphatic heterocycles. The minimum Gasteiger partial charge on any atom is -0.489 e. The maximum atomic E-state index is 12.7. The van der Waals surface area contributed by atoms with Gasteiger partial charge >= 0.3 is 0 Å². The van der Waals surface area contributed by atoms with Gasteiger partial charge in [-0.3, -0.25) is 4.79 Å². The number of halogens is 2. The highest BCUT2D eigenvalue weighted by Crippen LogP contribution is 2.43. The summed E-state index contributed by atoms with van der Waals surface area (Å²) < 4.78 is 36.7. The number of nitrogens with zero attached hydrogens (tertiary/aromatic N) is 1. The van der Waals surface area contributed by atoms with Gasteiger partial charge in [0.25, 0.3) is 0 Å². The largest absolute Gasteiger partial charge is 0.489 e. The lowest BCUT2D eigenvalue weighted by molar-refractivity contribution is -0.118. The van der Waals surface area contributed by atoms with Crippen molar-refractivity contribution in [2.24, 2.45) is 11.8 Å². The van der Waals surface area contributed by atoms with Gasteiger partial charge in [-0.15, -0.1) is 0 Å². The van der Waals surface area contributed by atoms with Crippen LogP contribution in [0.15, 0.2) is 42.5 Å². The van der Waals surface area contributed by atoms with Gasteiger partial charge in [0.15, 0.2) is 0 Å². The molecule has 156 valence electrons. The molecule has 2 atom stereocenters. The van der Waals surface area contributed by atoms with Crippen molar-refractivity contribution in [1.29, 1.82) is 5.26 Å². The van der Waals surface area contributed by atoms with Gasteiger partial charge < -0.3 is 14.8 Å². The van der Waals surface area contributed by atoms with Crippen LogP contribution < -0.4 is 10.1 Å². The Balaban J connectivity index is 1.48. The van der Waals surface area contributed by atoms with Crippen molar-refractivity contribution in [3.05, 3.63) is 48.0 Å². The van der Waals surface area contributed by atoms with Crippen LogP contribution in [0.3, 0.4) is 0 Å². The van der Waals surface area contributed by atoms with Gasteiger partial charge in [0.2, 0.25) is 12.3 Å². The van der Waals surface area contributed by atoms with Crippen LogP contribution in [0, 0.1) is 23.2 Å². The molecule has 0 bridgehead atoms. The van der Waals surface area contributed by atoms with E-state index in [2.05, 4.69) is 11.4 Å². The molecular formula is C23H22F2N2O3. The van der Waals surface area contributed by atoms with E-state index in [-0.39, 0.29) is 18.4 Å². The van der Waals surface area contributed by atoms with Crippen LogP contribution in [0.5, 0.6) is 5.75 Å². The first kappa shape index (κ1) is 20.3. The molecule has 1 amide bonds. The van der Waals surface area contributed by atoms with E-state index in [4.69, 9.17) is 9.47 Å². The molecule has 2 fully saturated rings. The summed E-state index contributed by atoms with van der Waals surface area (Å²) in [4.78, 5) is 12.2. The highest BCUT2D eigenvalue weighted by molar-refractivity contribution is 5.95. The van der Waals surface area contributed by atoms with Crippen LogP contribution in [0.1, 0.15) is 24.8 Å². The number of rotatable bonds is 6. The average Bonchev–Trinajstić information content (AvgIpc) is 3.56. The quantitative estimate of drug-likeness (QED) is 0.751. The predicted molar refractivity (Wildman–Crippen MR) is 107 cm³/mol. The smallest absolute Gasteiger partial charge is 0.242 e. The topological polar surface area (TPSA) is 71.4 Å².